The highest BCUT2D eigenvalue weighted by molar-refractivity contribution is 7.88. The topological polar surface area (TPSA) is 66.5 Å². The second-order valence-corrected chi connectivity index (χ2v) is 7.64. The van der Waals surface area contributed by atoms with E-state index in [4.69, 9.17) is 0 Å². The average molecular weight is 324 g/mol. The Hall–Kier alpha value is -1.40. The SMILES string of the molecule is CCCCNC(=O)c1ccc(CS(=O)(=O)N2CCCC2)cc1. The van der Waals surface area contributed by atoms with E-state index in [1.165, 1.54) is 0 Å². The summed E-state index contributed by atoms with van der Waals surface area (Å²) in [5, 5.41) is 2.85. The summed E-state index contributed by atoms with van der Waals surface area (Å²) in [6.45, 7) is 3.99. The Balaban J connectivity index is 1.95. The van der Waals surface area contributed by atoms with Crippen molar-refractivity contribution in [2.24, 2.45) is 0 Å². The molecular weight excluding hydrogens is 300 g/mol. The summed E-state index contributed by atoms with van der Waals surface area (Å²) >= 11 is 0. The van der Waals surface area contributed by atoms with Crippen LogP contribution in [0.5, 0.6) is 0 Å². The van der Waals surface area contributed by atoms with Crippen LogP contribution in [0, 0.1) is 0 Å². The fourth-order valence-electron chi connectivity index (χ4n) is 2.50. The van der Waals surface area contributed by atoms with E-state index in [9.17, 15) is 13.2 Å². The van der Waals surface area contributed by atoms with Crippen molar-refractivity contribution in [2.45, 2.75) is 38.4 Å². The molecule has 0 aliphatic carbocycles. The minimum Gasteiger partial charge on any atom is -0.352 e. The van der Waals surface area contributed by atoms with Crippen LogP contribution in [0.1, 0.15) is 48.5 Å². The lowest BCUT2D eigenvalue weighted by atomic mass is 10.1. The average Bonchev–Trinajstić information content (AvgIpc) is 3.03. The molecule has 1 aromatic rings. The molecule has 1 N–H and O–H groups in total. The third-order valence-corrected chi connectivity index (χ3v) is 5.69. The molecule has 1 fully saturated rings. The number of carbonyl (C=O) groups excluding carboxylic acids is 1. The molecule has 0 spiro atoms. The van der Waals surface area contributed by atoms with Gasteiger partial charge in [-0.2, -0.15) is 0 Å². The first-order valence-corrected chi connectivity index (χ1v) is 9.49. The van der Waals surface area contributed by atoms with E-state index in [2.05, 4.69) is 12.2 Å². The molecule has 0 bridgehead atoms. The van der Waals surface area contributed by atoms with Gasteiger partial charge in [0, 0.05) is 25.2 Å². The van der Waals surface area contributed by atoms with Gasteiger partial charge in [0.2, 0.25) is 10.0 Å². The van der Waals surface area contributed by atoms with Gasteiger partial charge in [0.05, 0.1) is 5.75 Å². The highest BCUT2D eigenvalue weighted by Gasteiger charge is 2.25. The van der Waals surface area contributed by atoms with Crippen LogP contribution >= 0.6 is 0 Å². The van der Waals surface area contributed by atoms with Gasteiger partial charge in [-0.3, -0.25) is 4.79 Å². The summed E-state index contributed by atoms with van der Waals surface area (Å²) in [5.74, 6) is -0.104. The van der Waals surface area contributed by atoms with Gasteiger partial charge in [-0.1, -0.05) is 25.5 Å². The minimum absolute atomic E-state index is 0.00470. The fraction of sp³-hybridized carbons (Fsp3) is 0.562. The molecule has 1 aliphatic rings. The fourth-order valence-corrected chi connectivity index (χ4v) is 4.11. The van der Waals surface area contributed by atoms with Gasteiger partial charge in [-0.05, 0) is 37.0 Å². The molecule has 1 amide bonds. The molecule has 1 saturated heterocycles. The number of nitrogens with one attached hydrogen (secondary N) is 1. The maximum absolute atomic E-state index is 12.2. The van der Waals surface area contributed by atoms with E-state index in [-0.39, 0.29) is 11.7 Å². The van der Waals surface area contributed by atoms with Gasteiger partial charge in [0.1, 0.15) is 0 Å². The lowest BCUT2D eigenvalue weighted by Gasteiger charge is -2.15. The first kappa shape index (κ1) is 17.0. The second-order valence-electron chi connectivity index (χ2n) is 5.67. The predicted octanol–water partition coefficient (Wildman–Crippen LogP) is 2.14. The van der Waals surface area contributed by atoms with Crippen LogP contribution in [0.25, 0.3) is 0 Å². The van der Waals surface area contributed by atoms with E-state index in [0.717, 1.165) is 31.2 Å². The standard InChI is InChI=1S/C16H24N2O3S/c1-2-3-10-17-16(19)15-8-6-14(7-9-15)13-22(20,21)18-11-4-5-12-18/h6-9H,2-5,10-13H2,1H3,(H,17,19). The van der Waals surface area contributed by atoms with Crippen molar-refractivity contribution in [3.05, 3.63) is 35.4 Å². The van der Waals surface area contributed by atoms with Crippen molar-refractivity contribution < 1.29 is 13.2 Å². The van der Waals surface area contributed by atoms with Crippen LogP contribution in [-0.4, -0.2) is 38.3 Å². The van der Waals surface area contributed by atoms with Crippen LogP contribution < -0.4 is 5.32 Å². The maximum Gasteiger partial charge on any atom is 0.251 e. The van der Waals surface area contributed by atoms with Crippen LogP contribution in [-0.2, 0) is 15.8 Å². The number of nitrogens with zero attached hydrogens (tertiary/aromatic N) is 1. The summed E-state index contributed by atoms with van der Waals surface area (Å²) in [5.41, 5.74) is 1.29. The molecule has 122 valence electrons. The number of carbonyl (C=O) groups is 1. The van der Waals surface area contributed by atoms with Gasteiger partial charge in [0.25, 0.3) is 5.91 Å². The number of rotatable bonds is 7. The normalized spacial score (nSPS) is 15.9. The van der Waals surface area contributed by atoms with Gasteiger partial charge in [0.15, 0.2) is 0 Å². The smallest absolute Gasteiger partial charge is 0.251 e. The van der Waals surface area contributed by atoms with Crippen molar-refractivity contribution in [2.75, 3.05) is 19.6 Å². The lowest BCUT2D eigenvalue weighted by Crippen LogP contribution is -2.29. The summed E-state index contributed by atoms with van der Waals surface area (Å²) in [6.07, 6.45) is 3.87. The number of amides is 1. The highest BCUT2D eigenvalue weighted by Crippen LogP contribution is 2.17. The molecule has 0 atom stereocenters. The van der Waals surface area contributed by atoms with Crippen LogP contribution in [0.4, 0.5) is 0 Å². The molecule has 0 saturated carbocycles. The molecule has 0 aromatic heterocycles. The molecule has 0 radical (unpaired) electrons. The first-order chi connectivity index (χ1) is 10.5. The Morgan fingerprint density at radius 3 is 2.41 bits per heavy atom. The van der Waals surface area contributed by atoms with Crippen molar-refractivity contribution in [1.82, 2.24) is 9.62 Å². The predicted molar refractivity (Wildman–Crippen MR) is 87.1 cm³/mol. The van der Waals surface area contributed by atoms with E-state index >= 15 is 0 Å². The van der Waals surface area contributed by atoms with Crippen molar-refractivity contribution >= 4 is 15.9 Å². The summed E-state index contributed by atoms with van der Waals surface area (Å²) < 4.78 is 26.0. The zero-order chi connectivity index (χ0) is 16.0. The van der Waals surface area contributed by atoms with Crippen LogP contribution in [0.2, 0.25) is 0 Å². The summed E-state index contributed by atoms with van der Waals surface area (Å²) in [6, 6.07) is 6.83. The van der Waals surface area contributed by atoms with Crippen molar-refractivity contribution in [3.8, 4) is 0 Å². The molecule has 0 unspecified atom stereocenters. The Kier molecular flexibility index (Phi) is 5.97. The quantitative estimate of drug-likeness (QED) is 0.782. The largest absolute Gasteiger partial charge is 0.352 e. The number of benzene rings is 1. The summed E-state index contributed by atoms with van der Waals surface area (Å²) in [4.78, 5) is 11.9. The monoisotopic (exact) mass is 324 g/mol. The molecule has 22 heavy (non-hydrogen) atoms. The van der Waals surface area contributed by atoms with E-state index in [1.54, 1.807) is 28.6 Å². The second kappa shape index (κ2) is 7.74. The summed E-state index contributed by atoms with van der Waals surface area (Å²) in [7, 11) is -3.23. The Morgan fingerprint density at radius 2 is 1.82 bits per heavy atom. The molecular formula is C16H24N2O3S. The van der Waals surface area contributed by atoms with Crippen LogP contribution in [0.3, 0.4) is 0 Å². The first-order valence-electron chi connectivity index (χ1n) is 7.88. The molecule has 2 rings (SSSR count). The van der Waals surface area contributed by atoms with Crippen molar-refractivity contribution in [3.63, 3.8) is 0 Å². The van der Waals surface area contributed by atoms with Crippen molar-refractivity contribution in [1.29, 1.82) is 0 Å². The number of sulfonamides is 1. The zero-order valence-corrected chi connectivity index (χ0v) is 13.9. The minimum atomic E-state index is -3.23. The van der Waals surface area contributed by atoms with E-state index in [1.807, 2.05) is 0 Å². The zero-order valence-electron chi connectivity index (χ0n) is 13.0. The highest BCUT2D eigenvalue weighted by atomic mass is 32.2. The number of hydrogen-bond acceptors (Lipinski definition) is 3. The van der Waals surface area contributed by atoms with E-state index in [0.29, 0.717) is 25.2 Å². The number of hydrogen-bond donors (Lipinski definition) is 1. The Labute approximate surface area is 132 Å². The van der Waals surface area contributed by atoms with Gasteiger partial charge in [-0.15, -0.1) is 0 Å². The van der Waals surface area contributed by atoms with Gasteiger partial charge in [-0.25, -0.2) is 12.7 Å². The maximum atomic E-state index is 12.2. The third kappa shape index (κ3) is 4.55. The Morgan fingerprint density at radius 1 is 1.18 bits per heavy atom. The molecule has 6 heteroatoms. The molecule has 1 aliphatic heterocycles. The van der Waals surface area contributed by atoms with Gasteiger partial charge >= 0.3 is 0 Å². The lowest BCUT2D eigenvalue weighted by molar-refractivity contribution is 0.0953. The molecule has 1 aromatic carbocycles. The molecule has 1 heterocycles. The third-order valence-electron chi connectivity index (χ3n) is 3.84. The molecule has 5 nitrogen and oxygen atoms in total. The number of unbranched alkanes of at least 4 members (excludes halogenated alkanes) is 1. The van der Waals surface area contributed by atoms with Gasteiger partial charge < -0.3 is 5.32 Å². The van der Waals surface area contributed by atoms with Crippen LogP contribution in [0.15, 0.2) is 24.3 Å². The Bertz CT molecular complexity index is 590. The van der Waals surface area contributed by atoms with E-state index < -0.39 is 10.0 Å².